The number of nitrogens with one attached hydrogen (secondary N) is 1. The molecule has 0 aliphatic heterocycles. The lowest BCUT2D eigenvalue weighted by molar-refractivity contribution is -0.117. The van der Waals surface area contributed by atoms with Crippen molar-refractivity contribution >= 4 is 22.9 Å². The van der Waals surface area contributed by atoms with Crippen molar-refractivity contribution in [2.24, 2.45) is 11.7 Å². The number of carbonyl (C=O) groups is 1. The van der Waals surface area contributed by atoms with Crippen molar-refractivity contribution in [3.8, 4) is 11.3 Å². The second-order valence-corrected chi connectivity index (χ2v) is 7.36. The number of rotatable bonds is 4. The molecule has 3 N–H and O–H groups in total. The maximum Gasteiger partial charge on any atom is 0.224 e. The zero-order valence-corrected chi connectivity index (χ0v) is 14.2. The molecule has 1 aromatic heterocycles. The number of amides is 1. The molecule has 0 spiro atoms. The molecule has 4 nitrogen and oxygen atoms in total. The first kappa shape index (κ1) is 16.1. The van der Waals surface area contributed by atoms with Crippen molar-refractivity contribution in [3.05, 3.63) is 34.7 Å². The molecule has 3 rings (SSSR count). The summed E-state index contributed by atoms with van der Waals surface area (Å²) < 4.78 is 0. The fourth-order valence-electron chi connectivity index (χ4n) is 3.19. The fourth-order valence-corrected chi connectivity index (χ4v) is 3.81. The van der Waals surface area contributed by atoms with Crippen LogP contribution in [-0.4, -0.2) is 16.9 Å². The molecular formula is C18H23N3OS. The Balaban J connectivity index is 1.64. The van der Waals surface area contributed by atoms with Gasteiger partial charge in [0.15, 0.2) is 0 Å². The number of hydrogen-bond acceptors (Lipinski definition) is 4. The summed E-state index contributed by atoms with van der Waals surface area (Å²) in [6.45, 7) is 1.99. The summed E-state index contributed by atoms with van der Waals surface area (Å²) in [6.07, 6.45) is 4.99. The molecule has 2 aromatic rings. The predicted molar refractivity (Wildman–Crippen MR) is 95.5 cm³/mol. The Hall–Kier alpha value is -1.72. The highest BCUT2D eigenvalue weighted by Crippen LogP contribution is 2.27. The van der Waals surface area contributed by atoms with E-state index >= 15 is 0 Å². The van der Waals surface area contributed by atoms with Crippen LogP contribution in [0.2, 0.25) is 0 Å². The van der Waals surface area contributed by atoms with Crippen molar-refractivity contribution in [1.29, 1.82) is 0 Å². The largest absolute Gasteiger partial charge is 0.327 e. The standard InChI is InChI=1S/C18H23N3OS/c1-12-20-17(11-23-12)14-6-4-7-15(9-14)21-18(22)10-13-5-2-3-8-16(13)19/h4,6-7,9,11,13,16H,2-3,5,8,10,19H2,1H3,(H,21,22). The van der Waals surface area contributed by atoms with Gasteiger partial charge in [0.1, 0.15) is 0 Å². The van der Waals surface area contributed by atoms with Crippen LogP contribution >= 0.6 is 11.3 Å². The Morgan fingerprint density at radius 2 is 2.22 bits per heavy atom. The average molecular weight is 329 g/mol. The van der Waals surface area contributed by atoms with Crippen LogP contribution < -0.4 is 11.1 Å². The first-order chi connectivity index (χ1) is 11.1. The number of nitrogens with zero attached hydrogens (tertiary/aromatic N) is 1. The number of carbonyl (C=O) groups excluding carboxylic acids is 1. The van der Waals surface area contributed by atoms with E-state index in [9.17, 15) is 4.79 Å². The maximum atomic E-state index is 12.3. The normalized spacial score (nSPS) is 21.1. The van der Waals surface area contributed by atoms with Gasteiger partial charge < -0.3 is 11.1 Å². The van der Waals surface area contributed by atoms with Crippen LogP contribution in [0.4, 0.5) is 5.69 Å². The van der Waals surface area contributed by atoms with Gasteiger partial charge in [-0.05, 0) is 37.8 Å². The third-order valence-electron chi connectivity index (χ3n) is 4.48. The van der Waals surface area contributed by atoms with E-state index in [0.717, 1.165) is 34.8 Å². The molecule has 1 aliphatic carbocycles. The molecule has 1 aromatic carbocycles. The third kappa shape index (κ3) is 4.18. The number of thiazole rings is 1. The molecule has 0 bridgehead atoms. The van der Waals surface area contributed by atoms with E-state index in [1.165, 1.54) is 12.8 Å². The summed E-state index contributed by atoms with van der Waals surface area (Å²) in [5.74, 6) is 0.368. The van der Waals surface area contributed by atoms with Crippen molar-refractivity contribution in [1.82, 2.24) is 4.98 Å². The number of aryl methyl sites for hydroxylation is 1. The molecule has 1 heterocycles. The molecule has 0 radical (unpaired) electrons. The summed E-state index contributed by atoms with van der Waals surface area (Å²) in [6, 6.07) is 8.03. The van der Waals surface area contributed by atoms with E-state index in [2.05, 4.69) is 10.3 Å². The van der Waals surface area contributed by atoms with Gasteiger partial charge in [0.05, 0.1) is 10.7 Å². The van der Waals surface area contributed by atoms with Gasteiger partial charge in [-0.1, -0.05) is 25.0 Å². The van der Waals surface area contributed by atoms with Crippen LogP contribution in [0.25, 0.3) is 11.3 Å². The lowest BCUT2D eigenvalue weighted by Crippen LogP contribution is -2.35. The SMILES string of the molecule is Cc1nc(-c2cccc(NC(=O)CC3CCCCC3N)c2)cs1. The van der Waals surface area contributed by atoms with Gasteiger partial charge in [-0.3, -0.25) is 4.79 Å². The Morgan fingerprint density at radius 3 is 2.96 bits per heavy atom. The number of aromatic nitrogens is 1. The van der Waals surface area contributed by atoms with Crippen LogP contribution in [0.5, 0.6) is 0 Å². The molecule has 0 saturated heterocycles. The van der Waals surface area contributed by atoms with Crippen LogP contribution in [-0.2, 0) is 4.79 Å². The summed E-state index contributed by atoms with van der Waals surface area (Å²) >= 11 is 1.63. The first-order valence-corrected chi connectivity index (χ1v) is 9.08. The smallest absolute Gasteiger partial charge is 0.224 e. The Kier molecular flexibility index (Phi) is 5.08. The van der Waals surface area contributed by atoms with E-state index in [0.29, 0.717) is 12.3 Å². The lowest BCUT2D eigenvalue weighted by atomic mass is 9.83. The van der Waals surface area contributed by atoms with Crippen molar-refractivity contribution in [3.63, 3.8) is 0 Å². The molecule has 1 amide bonds. The summed E-state index contributed by atoms with van der Waals surface area (Å²) in [5.41, 5.74) is 8.94. The summed E-state index contributed by atoms with van der Waals surface area (Å²) in [7, 11) is 0. The van der Waals surface area contributed by atoms with E-state index in [4.69, 9.17) is 5.73 Å². The fraction of sp³-hybridized carbons (Fsp3) is 0.444. The summed E-state index contributed by atoms with van der Waals surface area (Å²) in [5, 5.41) is 6.09. The van der Waals surface area contributed by atoms with E-state index in [-0.39, 0.29) is 11.9 Å². The Labute approximate surface area is 141 Å². The Morgan fingerprint density at radius 1 is 1.39 bits per heavy atom. The maximum absolute atomic E-state index is 12.3. The van der Waals surface area contributed by atoms with Gasteiger partial charge in [0.25, 0.3) is 0 Å². The molecule has 1 aliphatic rings. The van der Waals surface area contributed by atoms with Gasteiger partial charge in [0.2, 0.25) is 5.91 Å². The molecule has 1 saturated carbocycles. The number of benzene rings is 1. The van der Waals surface area contributed by atoms with Gasteiger partial charge >= 0.3 is 0 Å². The third-order valence-corrected chi connectivity index (χ3v) is 5.25. The van der Waals surface area contributed by atoms with Gasteiger partial charge in [0, 0.05) is 29.1 Å². The van der Waals surface area contributed by atoms with Crippen LogP contribution in [0.3, 0.4) is 0 Å². The van der Waals surface area contributed by atoms with Crippen LogP contribution in [0, 0.1) is 12.8 Å². The minimum atomic E-state index is 0.0546. The van der Waals surface area contributed by atoms with Gasteiger partial charge in [-0.15, -0.1) is 11.3 Å². The molecule has 1 fully saturated rings. The minimum Gasteiger partial charge on any atom is -0.327 e. The van der Waals surface area contributed by atoms with Crippen molar-refractivity contribution < 1.29 is 4.79 Å². The van der Waals surface area contributed by atoms with E-state index < -0.39 is 0 Å². The first-order valence-electron chi connectivity index (χ1n) is 8.20. The highest BCUT2D eigenvalue weighted by atomic mass is 32.1. The number of anilines is 1. The average Bonchev–Trinajstić information content (AvgIpc) is 2.96. The van der Waals surface area contributed by atoms with Crippen molar-refractivity contribution in [2.75, 3.05) is 5.32 Å². The van der Waals surface area contributed by atoms with E-state index in [1.54, 1.807) is 11.3 Å². The quantitative estimate of drug-likeness (QED) is 0.892. The zero-order valence-electron chi connectivity index (χ0n) is 13.4. The highest BCUT2D eigenvalue weighted by Gasteiger charge is 2.24. The van der Waals surface area contributed by atoms with Gasteiger partial charge in [-0.2, -0.15) is 0 Å². The molecule has 23 heavy (non-hydrogen) atoms. The second kappa shape index (κ2) is 7.23. The highest BCUT2D eigenvalue weighted by molar-refractivity contribution is 7.09. The van der Waals surface area contributed by atoms with Crippen LogP contribution in [0.15, 0.2) is 29.6 Å². The van der Waals surface area contributed by atoms with E-state index in [1.807, 2.05) is 36.6 Å². The number of hydrogen-bond donors (Lipinski definition) is 2. The van der Waals surface area contributed by atoms with Gasteiger partial charge in [-0.25, -0.2) is 4.98 Å². The van der Waals surface area contributed by atoms with Crippen LogP contribution in [0.1, 0.15) is 37.1 Å². The Bertz CT molecular complexity index is 682. The summed E-state index contributed by atoms with van der Waals surface area (Å²) in [4.78, 5) is 16.8. The minimum absolute atomic E-state index is 0.0546. The van der Waals surface area contributed by atoms with Crippen molar-refractivity contribution in [2.45, 2.75) is 45.1 Å². The lowest BCUT2D eigenvalue weighted by Gasteiger charge is -2.27. The zero-order chi connectivity index (χ0) is 16.2. The molecule has 5 heteroatoms. The number of nitrogens with two attached hydrogens (primary N) is 1. The topological polar surface area (TPSA) is 68.0 Å². The molecular weight excluding hydrogens is 306 g/mol. The molecule has 122 valence electrons. The predicted octanol–water partition coefficient (Wildman–Crippen LogP) is 3.96. The second-order valence-electron chi connectivity index (χ2n) is 6.29. The monoisotopic (exact) mass is 329 g/mol. The molecule has 2 atom stereocenters. The molecule has 2 unspecified atom stereocenters.